The molecule has 0 amide bonds. The van der Waals surface area contributed by atoms with Crippen LogP contribution < -0.4 is 10.6 Å². The molecule has 0 bridgehead atoms. The average molecular weight is 414 g/mol. The van der Waals surface area contributed by atoms with E-state index in [1.165, 1.54) is 6.07 Å². The van der Waals surface area contributed by atoms with Crippen LogP contribution in [0, 0.1) is 9.39 Å². The first kappa shape index (κ1) is 15.4. The second kappa shape index (κ2) is 6.74. The maximum Gasteiger partial charge on any atom is 0.224 e. The zero-order chi connectivity index (χ0) is 15.5. The third kappa shape index (κ3) is 3.83. The van der Waals surface area contributed by atoms with Gasteiger partial charge in [0.05, 0.1) is 18.0 Å². The third-order valence-electron chi connectivity index (χ3n) is 3.33. The molecule has 7 heteroatoms. The smallest absolute Gasteiger partial charge is 0.224 e. The van der Waals surface area contributed by atoms with Crippen LogP contribution in [0.1, 0.15) is 24.5 Å². The van der Waals surface area contributed by atoms with E-state index in [4.69, 9.17) is 5.11 Å². The van der Waals surface area contributed by atoms with Gasteiger partial charge >= 0.3 is 0 Å². The summed E-state index contributed by atoms with van der Waals surface area (Å²) in [6.45, 7) is 0.386. The van der Waals surface area contributed by atoms with Gasteiger partial charge in [-0.05, 0) is 53.6 Å². The minimum absolute atomic E-state index is 0.00548. The van der Waals surface area contributed by atoms with Gasteiger partial charge in [0.2, 0.25) is 5.95 Å². The molecular weight excluding hydrogens is 398 g/mol. The second-order valence-electron chi connectivity index (χ2n) is 5.18. The number of hydrogen-bond donors (Lipinski definition) is 3. The standard InChI is InChI=1S/C15H16FIN4O/c16-11-7-10(17)3-4-12(11)19-14-8-13(9-1-2-9)20-15(21-14)18-5-6-22/h3-4,7-9,22H,1-2,5-6H2,(H2,18,19,20,21). The van der Waals surface area contributed by atoms with Crippen LogP contribution >= 0.6 is 22.6 Å². The van der Waals surface area contributed by atoms with Crippen LogP contribution in [-0.2, 0) is 0 Å². The van der Waals surface area contributed by atoms with Crippen LogP contribution in [0.15, 0.2) is 24.3 Å². The topological polar surface area (TPSA) is 70.1 Å². The molecule has 3 rings (SSSR count). The zero-order valence-electron chi connectivity index (χ0n) is 11.8. The summed E-state index contributed by atoms with van der Waals surface area (Å²) in [5, 5.41) is 14.9. The van der Waals surface area contributed by atoms with E-state index in [2.05, 4.69) is 43.2 Å². The maximum atomic E-state index is 14.0. The first-order valence-corrected chi connectivity index (χ1v) is 8.19. The number of nitrogens with zero attached hydrogens (tertiary/aromatic N) is 2. The highest BCUT2D eigenvalue weighted by molar-refractivity contribution is 14.1. The Morgan fingerprint density at radius 3 is 2.77 bits per heavy atom. The Morgan fingerprint density at radius 2 is 2.09 bits per heavy atom. The van der Waals surface area contributed by atoms with Gasteiger partial charge in [0, 0.05) is 22.1 Å². The van der Waals surface area contributed by atoms with Gasteiger partial charge in [0.25, 0.3) is 0 Å². The maximum absolute atomic E-state index is 14.0. The fourth-order valence-electron chi connectivity index (χ4n) is 2.09. The monoisotopic (exact) mass is 414 g/mol. The number of hydrogen-bond acceptors (Lipinski definition) is 5. The van der Waals surface area contributed by atoms with Crippen LogP contribution in [0.4, 0.5) is 21.8 Å². The average Bonchev–Trinajstić information content (AvgIpc) is 3.33. The molecule has 2 aromatic rings. The Labute approximate surface area is 141 Å². The highest BCUT2D eigenvalue weighted by atomic mass is 127. The van der Waals surface area contributed by atoms with Crippen molar-refractivity contribution < 1.29 is 9.50 Å². The fraction of sp³-hybridized carbons (Fsp3) is 0.333. The number of aliphatic hydroxyl groups is 1. The zero-order valence-corrected chi connectivity index (χ0v) is 14.0. The van der Waals surface area contributed by atoms with Crippen LogP contribution in [-0.4, -0.2) is 28.2 Å². The van der Waals surface area contributed by atoms with Crippen molar-refractivity contribution in [2.45, 2.75) is 18.8 Å². The number of anilines is 3. The number of nitrogens with one attached hydrogen (secondary N) is 2. The molecular formula is C15H16FIN4O. The summed E-state index contributed by atoms with van der Waals surface area (Å²) >= 11 is 2.07. The Hall–Kier alpha value is -1.48. The summed E-state index contributed by atoms with van der Waals surface area (Å²) in [5.74, 6) is 1.15. The summed E-state index contributed by atoms with van der Waals surface area (Å²) in [4.78, 5) is 8.77. The lowest BCUT2D eigenvalue weighted by atomic mass is 10.2. The van der Waals surface area contributed by atoms with E-state index in [1.807, 2.05) is 12.1 Å². The molecule has 0 saturated heterocycles. The molecule has 1 aliphatic carbocycles. The van der Waals surface area contributed by atoms with E-state index in [0.717, 1.165) is 22.1 Å². The normalized spacial score (nSPS) is 14.0. The first-order chi connectivity index (χ1) is 10.7. The molecule has 0 atom stereocenters. The lowest BCUT2D eigenvalue weighted by Gasteiger charge is -2.11. The summed E-state index contributed by atoms with van der Waals surface area (Å²) in [7, 11) is 0. The Morgan fingerprint density at radius 1 is 1.27 bits per heavy atom. The van der Waals surface area contributed by atoms with E-state index in [0.29, 0.717) is 29.9 Å². The summed E-state index contributed by atoms with van der Waals surface area (Å²) in [6, 6.07) is 6.85. The molecule has 0 spiro atoms. The van der Waals surface area contributed by atoms with E-state index >= 15 is 0 Å². The number of aliphatic hydroxyl groups excluding tert-OH is 1. The van der Waals surface area contributed by atoms with Crippen molar-refractivity contribution in [1.82, 2.24) is 9.97 Å². The van der Waals surface area contributed by atoms with Crippen LogP contribution in [0.3, 0.4) is 0 Å². The van der Waals surface area contributed by atoms with E-state index in [9.17, 15) is 4.39 Å². The van der Waals surface area contributed by atoms with Gasteiger partial charge in [-0.1, -0.05) is 0 Å². The molecule has 1 heterocycles. The summed E-state index contributed by atoms with van der Waals surface area (Å²) in [5.41, 5.74) is 1.33. The third-order valence-corrected chi connectivity index (χ3v) is 4.00. The molecule has 0 unspecified atom stereocenters. The molecule has 0 aliphatic heterocycles. The van der Waals surface area contributed by atoms with Crippen molar-refractivity contribution in [1.29, 1.82) is 0 Å². The number of rotatable bonds is 6. The second-order valence-corrected chi connectivity index (χ2v) is 6.42. The molecule has 0 radical (unpaired) electrons. The van der Waals surface area contributed by atoms with Gasteiger partial charge in [0.15, 0.2) is 0 Å². The highest BCUT2D eigenvalue weighted by Gasteiger charge is 2.26. The number of benzene rings is 1. The van der Waals surface area contributed by atoms with Gasteiger partial charge in [0.1, 0.15) is 11.6 Å². The minimum Gasteiger partial charge on any atom is -0.395 e. The molecule has 1 saturated carbocycles. The van der Waals surface area contributed by atoms with Crippen LogP contribution in [0.5, 0.6) is 0 Å². The van der Waals surface area contributed by atoms with Gasteiger partial charge < -0.3 is 15.7 Å². The lowest BCUT2D eigenvalue weighted by molar-refractivity contribution is 0.311. The molecule has 1 fully saturated rings. The fourth-order valence-corrected chi connectivity index (χ4v) is 2.55. The van der Waals surface area contributed by atoms with E-state index in [-0.39, 0.29) is 12.4 Å². The SMILES string of the molecule is OCCNc1nc(Nc2ccc(I)cc2F)cc(C2CC2)n1. The quantitative estimate of drug-likeness (QED) is 0.634. The van der Waals surface area contributed by atoms with Crippen molar-refractivity contribution in [3.05, 3.63) is 39.3 Å². The summed E-state index contributed by atoms with van der Waals surface area (Å²) in [6.07, 6.45) is 2.24. The predicted molar refractivity (Wildman–Crippen MR) is 92.0 cm³/mol. The van der Waals surface area contributed by atoms with Gasteiger partial charge in [-0.3, -0.25) is 0 Å². The van der Waals surface area contributed by atoms with Crippen molar-refractivity contribution >= 4 is 40.0 Å². The molecule has 1 aromatic heterocycles. The molecule has 5 nitrogen and oxygen atoms in total. The first-order valence-electron chi connectivity index (χ1n) is 7.11. The summed E-state index contributed by atoms with van der Waals surface area (Å²) < 4.78 is 14.8. The number of halogens is 2. The lowest BCUT2D eigenvalue weighted by Crippen LogP contribution is -2.11. The number of aromatic nitrogens is 2. The van der Waals surface area contributed by atoms with E-state index in [1.54, 1.807) is 6.07 Å². The Kier molecular flexibility index (Phi) is 4.72. The van der Waals surface area contributed by atoms with Gasteiger partial charge in [-0.25, -0.2) is 9.37 Å². The van der Waals surface area contributed by atoms with E-state index < -0.39 is 0 Å². The van der Waals surface area contributed by atoms with Crippen molar-refractivity contribution in [2.24, 2.45) is 0 Å². The largest absolute Gasteiger partial charge is 0.395 e. The Balaban J connectivity index is 1.86. The van der Waals surface area contributed by atoms with Gasteiger partial charge in [-0.15, -0.1) is 0 Å². The highest BCUT2D eigenvalue weighted by Crippen LogP contribution is 2.40. The van der Waals surface area contributed by atoms with Crippen LogP contribution in [0.25, 0.3) is 0 Å². The Bertz CT molecular complexity index is 679. The predicted octanol–water partition coefficient (Wildman–Crippen LogP) is 3.25. The van der Waals surface area contributed by atoms with Crippen molar-refractivity contribution in [3.63, 3.8) is 0 Å². The molecule has 3 N–H and O–H groups in total. The molecule has 1 aromatic carbocycles. The molecule has 116 valence electrons. The van der Waals surface area contributed by atoms with Crippen molar-refractivity contribution in [3.8, 4) is 0 Å². The molecule has 22 heavy (non-hydrogen) atoms. The molecule has 1 aliphatic rings. The minimum atomic E-state index is -0.316. The van der Waals surface area contributed by atoms with Gasteiger partial charge in [-0.2, -0.15) is 4.98 Å². The van der Waals surface area contributed by atoms with Crippen LogP contribution in [0.2, 0.25) is 0 Å². The van der Waals surface area contributed by atoms with Crippen molar-refractivity contribution in [2.75, 3.05) is 23.8 Å².